The van der Waals surface area contributed by atoms with Crippen molar-refractivity contribution in [2.24, 2.45) is 0 Å². The summed E-state index contributed by atoms with van der Waals surface area (Å²) in [6.07, 6.45) is 0. The highest BCUT2D eigenvalue weighted by Gasteiger charge is 2.17. The van der Waals surface area contributed by atoms with Gasteiger partial charge in [-0.15, -0.1) is 0 Å². The predicted octanol–water partition coefficient (Wildman–Crippen LogP) is 4.42. The van der Waals surface area contributed by atoms with Gasteiger partial charge in [0.15, 0.2) is 0 Å². The van der Waals surface area contributed by atoms with Gasteiger partial charge in [0.1, 0.15) is 5.75 Å². The summed E-state index contributed by atoms with van der Waals surface area (Å²) < 4.78 is 5.52. The Bertz CT molecular complexity index is 1180. The standard InChI is InChI=1S/C20H12N4O6/c21-12-13-4-9-18(24(28)29)19(10-13)30-17-7-5-15(6-8-17)22-20(25)14-2-1-3-16(11-14)23(26)27/h1-11H,(H,22,25). The van der Waals surface area contributed by atoms with Gasteiger partial charge in [-0.25, -0.2) is 0 Å². The van der Waals surface area contributed by atoms with Crippen LogP contribution in [0.5, 0.6) is 11.5 Å². The van der Waals surface area contributed by atoms with Crippen LogP contribution in [0.3, 0.4) is 0 Å². The minimum Gasteiger partial charge on any atom is -0.450 e. The molecule has 10 nitrogen and oxygen atoms in total. The first kappa shape index (κ1) is 20.0. The summed E-state index contributed by atoms with van der Waals surface area (Å²) in [6.45, 7) is 0. The van der Waals surface area contributed by atoms with Crippen LogP contribution in [0.1, 0.15) is 15.9 Å². The number of non-ortho nitro benzene ring substituents is 1. The van der Waals surface area contributed by atoms with E-state index in [-0.39, 0.29) is 34.0 Å². The Labute approximate surface area is 169 Å². The maximum atomic E-state index is 12.3. The van der Waals surface area contributed by atoms with E-state index in [0.29, 0.717) is 5.69 Å². The van der Waals surface area contributed by atoms with E-state index in [1.54, 1.807) is 0 Å². The van der Waals surface area contributed by atoms with Crippen molar-refractivity contribution in [3.05, 3.63) is 98.1 Å². The first-order chi connectivity index (χ1) is 14.4. The number of nitro benzene ring substituents is 2. The average molecular weight is 404 g/mol. The molecule has 0 aliphatic carbocycles. The monoisotopic (exact) mass is 404 g/mol. The number of rotatable bonds is 6. The second-order valence-electron chi connectivity index (χ2n) is 5.94. The molecule has 0 aliphatic heterocycles. The molecule has 10 heteroatoms. The summed E-state index contributed by atoms with van der Waals surface area (Å²) in [6, 6.07) is 16.9. The number of carbonyl (C=O) groups excluding carboxylic acids is 1. The lowest BCUT2D eigenvalue weighted by Gasteiger charge is -2.09. The molecular formula is C20H12N4O6. The van der Waals surface area contributed by atoms with Crippen LogP contribution < -0.4 is 10.1 Å². The first-order valence-corrected chi connectivity index (χ1v) is 8.39. The zero-order valence-electron chi connectivity index (χ0n) is 15.1. The zero-order valence-corrected chi connectivity index (χ0v) is 15.1. The van der Waals surface area contributed by atoms with E-state index < -0.39 is 15.8 Å². The van der Waals surface area contributed by atoms with E-state index in [0.717, 1.165) is 6.07 Å². The molecule has 148 valence electrons. The Hall–Kier alpha value is -4.78. The molecule has 0 aromatic heterocycles. The molecule has 0 fully saturated rings. The van der Waals surface area contributed by atoms with Crippen molar-refractivity contribution in [1.82, 2.24) is 0 Å². The number of hydrogen-bond donors (Lipinski definition) is 1. The van der Waals surface area contributed by atoms with Crippen LogP contribution >= 0.6 is 0 Å². The molecule has 3 aromatic carbocycles. The quantitative estimate of drug-likeness (QED) is 0.472. The fourth-order valence-electron chi connectivity index (χ4n) is 2.51. The van der Waals surface area contributed by atoms with Crippen molar-refractivity contribution in [2.75, 3.05) is 5.32 Å². The molecule has 0 spiro atoms. The summed E-state index contributed by atoms with van der Waals surface area (Å²) >= 11 is 0. The Balaban J connectivity index is 1.75. The van der Waals surface area contributed by atoms with Crippen LogP contribution in [0.2, 0.25) is 0 Å². The fourth-order valence-corrected chi connectivity index (χ4v) is 2.51. The van der Waals surface area contributed by atoms with Crippen molar-refractivity contribution in [1.29, 1.82) is 5.26 Å². The van der Waals surface area contributed by atoms with Crippen molar-refractivity contribution in [3.8, 4) is 17.6 Å². The van der Waals surface area contributed by atoms with E-state index in [1.165, 1.54) is 60.7 Å². The molecule has 3 aromatic rings. The number of nitriles is 1. The third-order valence-corrected chi connectivity index (χ3v) is 3.94. The summed E-state index contributed by atoms with van der Waals surface area (Å²) in [4.78, 5) is 33.0. The van der Waals surface area contributed by atoms with E-state index in [2.05, 4.69) is 5.32 Å². The maximum Gasteiger partial charge on any atom is 0.311 e. The van der Waals surface area contributed by atoms with Crippen molar-refractivity contribution in [3.63, 3.8) is 0 Å². The summed E-state index contributed by atoms with van der Waals surface area (Å²) in [5.74, 6) is -0.376. The van der Waals surface area contributed by atoms with E-state index in [9.17, 15) is 25.0 Å². The molecule has 0 atom stereocenters. The minimum absolute atomic E-state index is 0.0903. The number of nitrogens with zero attached hydrogens (tertiary/aromatic N) is 3. The number of nitrogens with one attached hydrogen (secondary N) is 1. The largest absolute Gasteiger partial charge is 0.450 e. The summed E-state index contributed by atoms with van der Waals surface area (Å²) in [5.41, 5.74) is 0.216. The molecule has 30 heavy (non-hydrogen) atoms. The van der Waals surface area contributed by atoms with E-state index in [1.807, 2.05) is 6.07 Å². The van der Waals surface area contributed by atoms with Gasteiger partial charge in [-0.1, -0.05) is 6.07 Å². The summed E-state index contributed by atoms with van der Waals surface area (Å²) in [7, 11) is 0. The van der Waals surface area contributed by atoms with Crippen LogP contribution in [-0.2, 0) is 0 Å². The zero-order chi connectivity index (χ0) is 21.7. The molecule has 0 bridgehead atoms. The van der Waals surface area contributed by atoms with Crippen LogP contribution in [0.15, 0.2) is 66.7 Å². The van der Waals surface area contributed by atoms with Gasteiger partial charge in [0, 0.05) is 35.5 Å². The molecule has 1 amide bonds. The highest BCUT2D eigenvalue weighted by Crippen LogP contribution is 2.32. The Morgan fingerprint density at radius 2 is 1.70 bits per heavy atom. The van der Waals surface area contributed by atoms with Gasteiger partial charge in [-0.3, -0.25) is 25.0 Å². The van der Waals surface area contributed by atoms with Gasteiger partial charge in [0.25, 0.3) is 11.6 Å². The molecule has 0 heterocycles. The Kier molecular flexibility index (Phi) is 5.65. The molecule has 3 rings (SSSR count). The van der Waals surface area contributed by atoms with Gasteiger partial charge >= 0.3 is 5.69 Å². The topological polar surface area (TPSA) is 148 Å². The number of hydrogen-bond acceptors (Lipinski definition) is 7. The van der Waals surface area contributed by atoms with E-state index >= 15 is 0 Å². The van der Waals surface area contributed by atoms with Crippen LogP contribution in [0.25, 0.3) is 0 Å². The van der Waals surface area contributed by atoms with Gasteiger partial charge in [-0.2, -0.15) is 5.26 Å². The highest BCUT2D eigenvalue weighted by atomic mass is 16.6. The third kappa shape index (κ3) is 4.55. The number of carbonyl (C=O) groups is 1. The SMILES string of the molecule is N#Cc1ccc([N+](=O)[O-])c(Oc2ccc(NC(=O)c3cccc([N+](=O)[O-])c3)cc2)c1. The Morgan fingerprint density at radius 3 is 2.33 bits per heavy atom. The number of benzene rings is 3. The minimum atomic E-state index is -0.621. The molecule has 0 unspecified atom stereocenters. The number of amides is 1. The number of nitro groups is 2. The molecule has 0 aliphatic rings. The van der Waals surface area contributed by atoms with Crippen LogP contribution in [0, 0.1) is 31.6 Å². The van der Waals surface area contributed by atoms with Crippen molar-refractivity contribution in [2.45, 2.75) is 0 Å². The van der Waals surface area contributed by atoms with Gasteiger partial charge < -0.3 is 10.1 Å². The van der Waals surface area contributed by atoms with E-state index in [4.69, 9.17) is 10.00 Å². The van der Waals surface area contributed by atoms with Crippen LogP contribution in [-0.4, -0.2) is 15.8 Å². The second-order valence-corrected chi connectivity index (χ2v) is 5.94. The van der Waals surface area contributed by atoms with Crippen molar-refractivity contribution < 1.29 is 19.4 Å². The lowest BCUT2D eigenvalue weighted by Crippen LogP contribution is -2.11. The fraction of sp³-hybridized carbons (Fsp3) is 0. The molecular weight excluding hydrogens is 392 g/mol. The highest BCUT2D eigenvalue weighted by molar-refractivity contribution is 6.04. The molecule has 0 saturated heterocycles. The van der Waals surface area contributed by atoms with Crippen LogP contribution in [0.4, 0.5) is 17.1 Å². The van der Waals surface area contributed by atoms with Gasteiger partial charge in [-0.05, 0) is 36.4 Å². The average Bonchev–Trinajstić information content (AvgIpc) is 2.74. The first-order valence-electron chi connectivity index (χ1n) is 8.39. The maximum absolute atomic E-state index is 12.3. The van der Waals surface area contributed by atoms with Gasteiger partial charge in [0.05, 0.1) is 21.5 Å². The molecule has 1 N–H and O–H groups in total. The Morgan fingerprint density at radius 1 is 0.967 bits per heavy atom. The molecule has 0 radical (unpaired) electrons. The lowest BCUT2D eigenvalue weighted by atomic mass is 10.2. The number of ether oxygens (including phenoxy) is 1. The van der Waals surface area contributed by atoms with Gasteiger partial charge in [0.2, 0.25) is 5.75 Å². The third-order valence-electron chi connectivity index (χ3n) is 3.94. The summed E-state index contributed by atoms with van der Waals surface area (Å²) in [5, 5.41) is 33.5. The lowest BCUT2D eigenvalue weighted by molar-refractivity contribution is -0.385. The number of anilines is 1. The smallest absolute Gasteiger partial charge is 0.311 e. The molecule has 0 saturated carbocycles. The second kappa shape index (κ2) is 8.49. The normalized spacial score (nSPS) is 9.97. The predicted molar refractivity (Wildman–Crippen MR) is 105 cm³/mol. The van der Waals surface area contributed by atoms with Crippen molar-refractivity contribution >= 4 is 23.0 Å².